The SMILES string of the molecule is COc1cc2ccccc2cc1C(=O)OCC(=O)c1ccc(Cl)cc1Cl. The van der Waals surface area contributed by atoms with Crippen molar-refractivity contribution >= 4 is 45.7 Å². The van der Waals surface area contributed by atoms with Gasteiger partial charge in [-0.3, -0.25) is 4.79 Å². The lowest BCUT2D eigenvalue weighted by Gasteiger charge is -2.10. The number of methoxy groups -OCH3 is 1. The van der Waals surface area contributed by atoms with Gasteiger partial charge in [-0.2, -0.15) is 0 Å². The van der Waals surface area contributed by atoms with Crippen molar-refractivity contribution in [2.75, 3.05) is 13.7 Å². The van der Waals surface area contributed by atoms with Gasteiger partial charge >= 0.3 is 5.97 Å². The Kier molecular flexibility index (Phi) is 5.45. The summed E-state index contributed by atoms with van der Waals surface area (Å²) in [6.45, 7) is -0.434. The Morgan fingerprint density at radius 3 is 2.27 bits per heavy atom. The summed E-state index contributed by atoms with van der Waals surface area (Å²) < 4.78 is 10.4. The summed E-state index contributed by atoms with van der Waals surface area (Å²) in [5.74, 6) is -0.684. The molecule has 3 rings (SSSR count). The van der Waals surface area contributed by atoms with Crippen LogP contribution in [0.15, 0.2) is 54.6 Å². The molecule has 26 heavy (non-hydrogen) atoms. The largest absolute Gasteiger partial charge is 0.496 e. The first kappa shape index (κ1) is 18.2. The summed E-state index contributed by atoms with van der Waals surface area (Å²) in [7, 11) is 1.47. The molecular formula is C20H14Cl2O4. The third-order valence-electron chi connectivity index (χ3n) is 3.85. The Morgan fingerprint density at radius 2 is 1.62 bits per heavy atom. The molecule has 3 aromatic carbocycles. The van der Waals surface area contributed by atoms with Crippen LogP contribution in [0, 0.1) is 0 Å². The summed E-state index contributed by atoms with van der Waals surface area (Å²) in [6, 6.07) is 15.5. The van der Waals surface area contributed by atoms with E-state index in [0.717, 1.165) is 10.8 Å². The van der Waals surface area contributed by atoms with Crippen LogP contribution in [0.3, 0.4) is 0 Å². The molecule has 0 aliphatic heterocycles. The van der Waals surface area contributed by atoms with E-state index in [1.54, 1.807) is 18.2 Å². The van der Waals surface area contributed by atoms with Crippen molar-refractivity contribution in [1.82, 2.24) is 0 Å². The summed E-state index contributed by atoms with van der Waals surface area (Å²) in [6.07, 6.45) is 0. The minimum Gasteiger partial charge on any atom is -0.496 e. The number of benzene rings is 3. The second-order valence-electron chi connectivity index (χ2n) is 5.52. The van der Waals surface area contributed by atoms with Crippen LogP contribution in [0.25, 0.3) is 10.8 Å². The number of fused-ring (bicyclic) bond motifs is 1. The standard InChI is InChI=1S/C20H14Cl2O4/c1-25-19-9-13-5-3-2-4-12(13)8-16(19)20(24)26-11-18(23)15-7-6-14(21)10-17(15)22/h2-10H,11H2,1H3. The number of ketones is 1. The van der Waals surface area contributed by atoms with Crippen molar-refractivity contribution in [1.29, 1.82) is 0 Å². The van der Waals surface area contributed by atoms with Crippen LogP contribution in [-0.4, -0.2) is 25.5 Å². The topological polar surface area (TPSA) is 52.6 Å². The Balaban J connectivity index is 1.79. The maximum absolute atomic E-state index is 12.4. The van der Waals surface area contributed by atoms with Crippen molar-refractivity contribution in [3.8, 4) is 5.75 Å². The second kappa shape index (κ2) is 7.77. The minimum atomic E-state index is -0.647. The molecule has 0 saturated carbocycles. The highest BCUT2D eigenvalue weighted by atomic mass is 35.5. The van der Waals surface area contributed by atoms with Crippen molar-refractivity contribution in [2.45, 2.75) is 0 Å². The molecular weight excluding hydrogens is 375 g/mol. The lowest BCUT2D eigenvalue weighted by molar-refractivity contribution is 0.0472. The first-order chi connectivity index (χ1) is 12.5. The fourth-order valence-corrected chi connectivity index (χ4v) is 3.06. The summed E-state index contributed by atoms with van der Waals surface area (Å²) in [5.41, 5.74) is 0.496. The van der Waals surface area contributed by atoms with Gasteiger partial charge < -0.3 is 9.47 Å². The number of carbonyl (C=O) groups excluding carboxylic acids is 2. The van der Waals surface area contributed by atoms with Crippen molar-refractivity contribution in [3.63, 3.8) is 0 Å². The number of halogens is 2. The Hall–Kier alpha value is -2.56. The van der Waals surface area contributed by atoms with E-state index in [-0.39, 0.29) is 16.1 Å². The smallest absolute Gasteiger partial charge is 0.342 e. The third kappa shape index (κ3) is 3.82. The molecule has 0 radical (unpaired) electrons. The molecule has 0 N–H and O–H groups in total. The minimum absolute atomic E-state index is 0.210. The molecule has 0 amide bonds. The first-order valence-electron chi connectivity index (χ1n) is 7.72. The predicted octanol–water partition coefficient (Wildman–Crippen LogP) is 5.19. The van der Waals surface area contributed by atoms with Crippen LogP contribution in [-0.2, 0) is 4.74 Å². The van der Waals surface area contributed by atoms with Gasteiger partial charge in [0, 0.05) is 10.6 Å². The highest BCUT2D eigenvalue weighted by Gasteiger charge is 2.18. The highest BCUT2D eigenvalue weighted by molar-refractivity contribution is 6.36. The van der Waals surface area contributed by atoms with Gasteiger partial charge in [0.2, 0.25) is 5.78 Å². The van der Waals surface area contributed by atoms with Gasteiger partial charge in [-0.05, 0) is 41.1 Å². The van der Waals surface area contributed by atoms with Gasteiger partial charge in [-0.25, -0.2) is 4.79 Å². The number of hydrogen-bond acceptors (Lipinski definition) is 4. The average molecular weight is 389 g/mol. The Morgan fingerprint density at radius 1 is 0.923 bits per heavy atom. The second-order valence-corrected chi connectivity index (χ2v) is 6.37. The van der Waals surface area contributed by atoms with Crippen LogP contribution in [0.2, 0.25) is 10.0 Å². The van der Waals surface area contributed by atoms with E-state index in [2.05, 4.69) is 0 Å². The van der Waals surface area contributed by atoms with Crippen LogP contribution in [0.4, 0.5) is 0 Å². The molecule has 0 unspecified atom stereocenters. The van der Waals surface area contributed by atoms with E-state index in [1.165, 1.54) is 19.2 Å². The zero-order valence-electron chi connectivity index (χ0n) is 13.8. The van der Waals surface area contributed by atoms with E-state index in [1.807, 2.05) is 24.3 Å². The Bertz CT molecular complexity index is 998. The van der Waals surface area contributed by atoms with E-state index < -0.39 is 18.4 Å². The quantitative estimate of drug-likeness (QED) is 0.445. The van der Waals surface area contributed by atoms with E-state index in [9.17, 15) is 9.59 Å². The number of Topliss-reactive ketones (excluding diaryl/α,β-unsaturated/α-hetero) is 1. The summed E-state index contributed by atoms with van der Waals surface area (Å²) >= 11 is 11.8. The normalized spacial score (nSPS) is 10.6. The summed E-state index contributed by atoms with van der Waals surface area (Å²) in [5, 5.41) is 2.43. The van der Waals surface area contributed by atoms with Crippen LogP contribution in [0.1, 0.15) is 20.7 Å². The molecule has 0 atom stereocenters. The maximum atomic E-state index is 12.4. The van der Waals surface area contributed by atoms with Crippen LogP contribution >= 0.6 is 23.2 Å². The van der Waals surface area contributed by atoms with Gasteiger partial charge in [-0.15, -0.1) is 0 Å². The van der Waals surface area contributed by atoms with E-state index in [4.69, 9.17) is 32.7 Å². The monoisotopic (exact) mass is 388 g/mol. The van der Waals surface area contributed by atoms with E-state index >= 15 is 0 Å². The highest BCUT2D eigenvalue weighted by Crippen LogP contribution is 2.27. The van der Waals surface area contributed by atoms with Crippen molar-refractivity contribution in [2.24, 2.45) is 0 Å². The van der Waals surface area contributed by atoms with Crippen molar-refractivity contribution < 1.29 is 19.1 Å². The molecule has 0 aromatic heterocycles. The molecule has 132 valence electrons. The molecule has 0 aliphatic rings. The van der Waals surface area contributed by atoms with Gasteiger partial charge in [-0.1, -0.05) is 47.5 Å². The molecule has 0 heterocycles. The molecule has 4 nitrogen and oxygen atoms in total. The molecule has 6 heteroatoms. The average Bonchev–Trinajstić information content (AvgIpc) is 2.64. The van der Waals surface area contributed by atoms with E-state index in [0.29, 0.717) is 10.8 Å². The molecule has 0 saturated heterocycles. The van der Waals surface area contributed by atoms with Crippen LogP contribution < -0.4 is 4.74 Å². The number of carbonyl (C=O) groups is 2. The first-order valence-corrected chi connectivity index (χ1v) is 8.47. The van der Waals surface area contributed by atoms with Gasteiger partial charge in [0.15, 0.2) is 6.61 Å². The zero-order chi connectivity index (χ0) is 18.7. The number of ether oxygens (including phenoxy) is 2. The summed E-state index contributed by atoms with van der Waals surface area (Å²) in [4.78, 5) is 24.7. The van der Waals surface area contributed by atoms with Gasteiger partial charge in [0.1, 0.15) is 11.3 Å². The molecule has 3 aromatic rings. The van der Waals surface area contributed by atoms with Gasteiger partial charge in [0.25, 0.3) is 0 Å². The van der Waals surface area contributed by atoms with Crippen LogP contribution in [0.5, 0.6) is 5.75 Å². The fraction of sp³-hybridized carbons (Fsp3) is 0.100. The van der Waals surface area contributed by atoms with Crippen molar-refractivity contribution in [3.05, 3.63) is 75.8 Å². The lowest BCUT2D eigenvalue weighted by Crippen LogP contribution is -2.15. The molecule has 0 bridgehead atoms. The number of hydrogen-bond donors (Lipinski definition) is 0. The molecule has 0 aliphatic carbocycles. The third-order valence-corrected chi connectivity index (χ3v) is 4.40. The fourth-order valence-electron chi connectivity index (χ4n) is 2.55. The predicted molar refractivity (Wildman–Crippen MR) is 102 cm³/mol. The Labute approximate surface area is 160 Å². The zero-order valence-corrected chi connectivity index (χ0v) is 15.3. The number of rotatable bonds is 5. The lowest BCUT2D eigenvalue weighted by atomic mass is 10.1. The maximum Gasteiger partial charge on any atom is 0.342 e. The number of esters is 1. The molecule has 0 fully saturated rings. The molecule has 0 spiro atoms. The van der Waals surface area contributed by atoms with Gasteiger partial charge in [0.05, 0.1) is 12.1 Å².